The number of aromatic nitrogens is 4. The SMILES string of the molecule is CCc1noc(CCC(=O)N2CCC(C3CCCCN3C(=O)c3cnc(C)cn3)CC2)n1. The molecule has 0 bridgehead atoms. The lowest BCUT2D eigenvalue weighted by molar-refractivity contribution is -0.133. The minimum Gasteiger partial charge on any atom is -0.343 e. The third kappa shape index (κ3) is 5.14. The van der Waals surface area contributed by atoms with Crippen LogP contribution in [0.4, 0.5) is 0 Å². The second-order valence-corrected chi connectivity index (χ2v) is 8.78. The molecule has 2 saturated heterocycles. The highest BCUT2D eigenvalue weighted by Crippen LogP contribution is 2.31. The van der Waals surface area contributed by atoms with Crippen LogP contribution in [0.25, 0.3) is 0 Å². The van der Waals surface area contributed by atoms with Gasteiger partial charge in [-0.3, -0.25) is 14.6 Å². The van der Waals surface area contributed by atoms with Gasteiger partial charge in [0.25, 0.3) is 5.91 Å². The second kappa shape index (κ2) is 10.2. The molecule has 0 aromatic carbocycles. The van der Waals surface area contributed by atoms with E-state index in [0.717, 1.165) is 63.9 Å². The molecule has 2 aliphatic heterocycles. The van der Waals surface area contributed by atoms with Gasteiger partial charge in [0.05, 0.1) is 11.9 Å². The lowest BCUT2D eigenvalue weighted by atomic mass is 9.83. The van der Waals surface area contributed by atoms with Gasteiger partial charge in [-0.25, -0.2) is 4.98 Å². The maximum Gasteiger partial charge on any atom is 0.274 e. The van der Waals surface area contributed by atoms with Gasteiger partial charge in [0.15, 0.2) is 5.82 Å². The second-order valence-electron chi connectivity index (χ2n) is 8.78. The fourth-order valence-electron chi connectivity index (χ4n) is 4.79. The van der Waals surface area contributed by atoms with E-state index in [-0.39, 0.29) is 17.9 Å². The van der Waals surface area contributed by atoms with Crippen molar-refractivity contribution in [1.29, 1.82) is 0 Å². The van der Waals surface area contributed by atoms with Crippen molar-refractivity contribution in [3.63, 3.8) is 0 Å². The first-order valence-electron chi connectivity index (χ1n) is 11.7. The number of hydrogen-bond acceptors (Lipinski definition) is 7. The van der Waals surface area contributed by atoms with Crippen LogP contribution in [0.2, 0.25) is 0 Å². The van der Waals surface area contributed by atoms with E-state index in [4.69, 9.17) is 4.52 Å². The van der Waals surface area contributed by atoms with Crippen molar-refractivity contribution >= 4 is 11.8 Å². The molecule has 2 aromatic rings. The molecule has 2 fully saturated rings. The van der Waals surface area contributed by atoms with Gasteiger partial charge in [-0.1, -0.05) is 12.1 Å². The molecule has 0 saturated carbocycles. The molecule has 4 rings (SSSR count). The van der Waals surface area contributed by atoms with Gasteiger partial charge in [-0.15, -0.1) is 0 Å². The van der Waals surface area contributed by atoms with Crippen LogP contribution in [0.5, 0.6) is 0 Å². The first kappa shape index (κ1) is 22.4. The van der Waals surface area contributed by atoms with E-state index < -0.39 is 0 Å². The number of aryl methyl sites for hydroxylation is 3. The lowest BCUT2D eigenvalue weighted by Gasteiger charge is -2.43. The summed E-state index contributed by atoms with van der Waals surface area (Å²) in [5.41, 5.74) is 1.22. The fraction of sp³-hybridized carbons (Fsp3) is 0.652. The van der Waals surface area contributed by atoms with E-state index in [9.17, 15) is 9.59 Å². The molecule has 9 nitrogen and oxygen atoms in total. The van der Waals surface area contributed by atoms with E-state index >= 15 is 0 Å². The maximum absolute atomic E-state index is 13.1. The number of amides is 2. The molecule has 2 aromatic heterocycles. The highest BCUT2D eigenvalue weighted by Gasteiger charge is 2.36. The number of hydrogen-bond donors (Lipinski definition) is 0. The Kier molecular flexibility index (Phi) is 7.12. The molecular formula is C23H32N6O3. The molecule has 2 aliphatic rings. The summed E-state index contributed by atoms with van der Waals surface area (Å²) in [6, 6.07) is 0.211. The zero-order chi connectivity index (χ0) is 22.5. The van der Waals surface area contributed by atoms with Crippen LogP contribution in [0, 0.1) is 12.8 Å². The van der Waals surface area contributed by atoms with Gasteiger partial charge in [0.1, 0.15) is 5.69 Å². The molecule has 0 aliphatic carbocycles. The van der Waals surface area contributed by atoms with Crippen LogP contribution in [0.1, 0.15) is 73.3 Å². The van der Waals surface area contributed by atoms with Crippen LogP contribution >= 0.6 is 0 Å². The Morgan fingerprint density at radius 1 is 1.09 bits per heavy atom. The average molecular weight is 441 g/mol. The molecular weight excluding hydrogens is 408 g/mol. The number of likely N-dealkylation sites (tertiary alicyclic amines) is 2. The summed E-state index contributed by atoms with van der Waals surface area (Å²) in [4.78, 5) is 42.5. The Bertz CT molecular complexity index is 920. The zero-order valence-corrected chi connectivity index (χ0v) is 19.0. The van der Waals surface area contributed by atoms with Crippen molar-refractivity contribution in [3.05, 3.63) is 35.5 Å². The molecule has 9 heteroatoms. The highest BCUT2D eigenvalue weighted by atomic mass is 16.5. The van der Waals surface area contributed by atoms with Crippen molar-refractivity contribution in [3.8, 4) is 0 Å². The summed E-state index contributed by atoms with van der Waals surface area (Å²) in [6.45, 7) is 6.07. The van der Waals surface area contributed by atoms with E-state index in [1.807, 2.05) is 23.6 Å². The number of carbonyl (C=O) groups is 2. The molecule has 2 amide bonds. The van der Waals surface area contributed by atoms with E-state index in [1.54, 1.807) is 12.4 Å². The molecule has 0 spiro atoms. The normalized spacial score (nSPS) is 19.9. The minimum atomic E-state index is -0.0216. The van der Waals surface area contributed by atoms with Gasteiger partial charge in [-0.05, 0) is 44.9 Å². The molecule has 1 atom stereocenters. The van der Waals surface area contributed by atoms with Crippen LogP contribution in [-0.4, -0.2) is 67.4 Å². The van der Waals surface area contributed by atoms with E-state index in [2.05, 4.69) is 20.1 Å². The van der Waals surface area contributed by atoms with Gasteiger partial charge in [0.2, 0.25) is 11.8 Å². The summed E-state index contributed by atoms with van der Waals surface area (Å²) >= 11 is 0. The van der Waals surface area contributed by atoms with Crippen molar-refractivity contribution in [1.82, 2.24) is 29.9 Å². The van der Waals surface area contributed by atoms with Gasteiger partial charge >= 0.3 is 0 Å². The first-order valence-corrected chi connectivity index (χ1v) is 11.7. The van der Waals surface area contributed by atoms with Crippen molar-refractivity contribution in [2.24, 2.45) is 5.92 Å². The van der Waals surface area contributed by atoms with Crippen LogP contribution in [-0.2, 0) is 17.6 Å². The molecule has 0 N–H and O–H groups in total. The van der Waals surface area contributed by atoms with Gasteiger partial charge in [-0.2, -0.15) is 4.98 Å². The molecule has 0 radical (unpaired) electrons. The molecule has 1 unspecified atom stereocenters. The average Bonchev–Trinajstić information content (AvgIpc) is 3.31. The lowest BCUT2D eigenvalue weighted by Crippen LogP contribution is -2.51. The predicted octanol–water partition coefficient (Wildman–Crippen LogP) is 2.60. The zero-order valence-electron chi connectivity index (χ0n) is 19.0. The number of carbonyl (C=O) groups excluding carboxylic acids is 2. The predicted molar refractivity (Wildman–Crippen MR) is 117 cm³/mol. The number of nitrogens with zero attached hydrogens (tertiary/aromatic N) is 6. The van der Waals surface area contributed by atoms with Crippen LogP contribution in [0.3, 0.4) is 0 Å². The number of piperidine rings is 2. The standard InChI is InChI=1S/C23H32N6O3/c1-3-20-26-21(32-27-20)7-8-22(30)28-12-9-17(10-13-28)19-6-4-5-11-29(19)23(31)18-15-24-16(2)14-25-18/h14-15,17,19H,3-13H2,1-2H3. The largest absolute Gasteiger partial charge is 0.343 e. The Labute approximate surface area is 188 Å². The summed E-state index contributed by atoms with van der Waals surface area (Å²) < 4.78 is 5.19. The fourth-order valence-corrected chi connectivity index (χ4v) is 4.79. The Morgan fingerprint density at radius 3 is 2.59 bits per heavy atom. The maximum atomic E-state index is 13.1. The topological polar surface area (TPSA) is 105 Å². The van der Waals surface area contributed by atoms with Crippen molar-refractivity contribution in [2.75, 3.05) is 19.6 Å². The number of rotatable bonds is 6. The van der Waals surface area contributed by atoms with Gasteiger partial charge in [0, 0.05) is 51.1 Å². The van der Waals surface area contributed by atoms with E-state index in [1.165, 1.54) is 0 Å². The quantitative estimate of drug-likeness (QED) is 0.680. The smallest absolute Gasteiger partial charge is 0.274 e. The third-order valence-electron chi connectivity index (χ3n) is 6.63. The van der Waals surface area contributed by atoms with Crippen molar-refractivity contribution < 1.29 is 14.1 Å². The van der Waals surface area contributed by atoms with Crippen molar-refractivity contribution in [2.45, 2.75) is 71.3 Å². The molecule has 4 heterocycles. The van der Waals surface area contributed by atoms with Crippen LogP contribution < -0.4 is 0 Å². The monoisotopic (exact) mass is 440 g/mol. The summed E-state index contributed by atoms with van der Waals surface area (Å²) in [7, 11) is 0. The van der Waals surface area contributed by atoms with Gasteiger partial charge < -0.3 is 14.3 Å². The molecule has 32 heavy (non-hydrogen) atoms. The summed E-state index contributed by atoms with van der Waals surface area (Å²) in [6.07, 6.45) is 9.82. The van der Waals surface area contributed by atoms with E-state index in [0.29, 0.717) is 36.2 Å². The third-order valence-corrected chi connectivity index (χ3v) is 6.63. The molecule has 172 valence electrons. The Balaban J connectivity index is 1.31. The summed E-state index contributed by atoms with van der Waals surface area (Å²) in [5, 5.41) is 3.88. The first-order chi connectivity index (χ1) is 15.5. The minimum absolute atomic E-state index is 0.0216. The highest BCUT2D eigenvalue weighted by molar-refractivity contribution is 5.92. The Hall–Kier alpha value is -2.84. The van der Waals surface area contributed by atoms with Crippen LogP contribution in [0.15, 0.2) is 16.9 Å². The Morgan fingerprint density at radius 2 is 1.91 bits per heavy atom. The summed E-state index contributed by atoms with van der Waals surface area (Å²) in [5.74, 6) is 1.72.